The zero-order valence-electron chi connectivity index (χ0n) is 10.6. The van der Waals surface area contributed by atoms with Crippen molar-refractivity contribution in [2.45, 2.75) is 18.9 Å². The second-order valence-corrected chi connectivity index (χ2v) is 6.30. The smallest absolute Gasteiger partial charge is 0.255 e. The number of phenolic OH excluding ortho intramolecular Hbond substituents is 1. The number of nitrogens with zero attached hydrogens (tertiary/aromatic N) is 1. The molecule has 0 aliphatic carbocycles. The summed E-state index contributed by atoms with van der Waals surface area (Å²) in [6.07, 6.45) is 2.32. The molecule has 1 atom stereocenters. The summed E-state index contributed by atoms with van der Waals surface area (Å²) in [6.45, 7) is 3.24. The molecule has 3 heterocycles. The molecule has 4 rings (SSSR count). The number of hydrogen-bond donors (Lipinski definition) is 2. The van der Waals surface area contributed by atoms with E-state index in [4.69, 9.17) is 0 Å². The van der Waals surface area contributed by atoms with E-state index in [9.17, 15) is 9.90 Å². The van der Waals surface area contributed by atoms with Crippen LogP contribution in [0.4, 0.5) is 0 Å². The summed E-state index contributed by atoms with van der Waals surface area (Å²) in [7, 11) is 0. The lowest BCUT2D eigenvalue weighted by Crippen LogP contribution is -2.57. The fourth-order valence-electron chi connectivity index (χ4n) is 3.06. The molecule has 1 unspecified atom stereocenters. The highest BCUT2D eigenvalue weighted by Gasteiger charge is 2.35. The summed E-state index contributed by atoms with van der Waals surface area (Å²) < 4.78 is 0.796. The first kappa shape index (κ1) is 12.9. The first-order valence-electron chi connectivity index (χ1n) is 6.65. The van der Waals surface area contributed by atoms with Gasteiger partial charge in [-0.3, -0.25) is 4.79 Å². The number of piperidine rings is 3. The van der Waals surface area contributed by atoms with Crippen LogP contribution in [0.3, 0.4) is 0 Å². The van der Waals surface area contributed by atoms with Gasteiger partial charge in [0.05, 0.1) is 5.56 Å². The maximum absolute atomic E-state index is 12.3. The van der Waals surface area contributed by atoms with Gasteiger partial charge in [0.2, 0.25) is 0 Å². The molecular formula is C14H17BrN2O2. The zero-order chi connectivity index (χ0) is 13.4. The van der Waals surface area contributed by atoms with Crippen molar-refractivity contribution >= 4 is 21.8 Å². The second kappa shape index (κ2) is 5.13. The van der Waals surface area contributed by atoms with E-state index in [0.717, 1.165) is 36.9 Å². The van der Waals surface area contributed by atoms with Gasteiger partial charge in [0.15, 0.2) is 0 Å². The number of hydrogen-bond acceptors (Lipinski definition) is 3. The van der Waals surface area contributed by atoms with E-state index in [1.165, 1.54) is 6.07 Å². The molecule has 0 radical (unpaired) electrons. The Morgan fingerprint density at radius 2 is 2.11 bits per heavy atom. The van der Waals surface area contributed by atoms with Crippen molar-refractivity contribution in [2.24, 2.45) is 5.92 Å². The van der Waals surface area contributed by atoms with Crippen molar-refractivity contribution in [3.8, 4) is 5.75 Å². The van der Waals surface area contributed by atoms with Crippen LogP contribution in [0.2, 0.25) is 0 Å². The van der Waals surface area contributed by atoms with Crippen LogP contribution in [0.1, 0.15) is 23.2 Å². The molecule has 3 aliphatic heterocycles. The van der Waals surface area contributed by atoms with Crippen LogP contribution in [0, 0.1) is 5.92 Å². The lowest BCUT2D eigenvalue weighted by molar-refractivity contribution is 0.0619. The summed E-state index contributed by atoms with van der Waals surface area (Å²) in [5.74, 6) is 0.433. The van der Waals surface area contributed by atoms with Crippen molar-refractivity contribution in [3.05, 3.63) is 28.2 Å². The minimum absolute atomic E-state index is 0.0296. The molecule has 4 nitrogen and oxygen atoms in total. The molecule has 1 amide bonds. The molecule has 2 N–H and O–H groups in total. The fourth-order valence-corrected chi connectivity index (χ4v) is 3.43. The summed E-state index contributed by atoms with van der Waals surface area (Å²) in [5.41, 5.74) is 0.339. The summed E-state index contributed by atoms with van der Waals surface area (Å²) >= 11 is 3.32. The minimum atomic E-state index is -0.183. The first-order valence-corrected chi connectivity index (χ1v) is 7.44. The van der Waals surface area contributed by atoms with Crippen molar-refractivity contribution in [1.29, 1.82) is 0 Å². The van der Waals surface area contributed by atoms with Crippen molar-refractivity contribution < 1.29 is 9.90 Å². The molecular weight excluding hydrogens is 308 g/mol. The number of phenols is 1. The van der Waals surface area contributed by atoms with E-state index < -0.39 is 0 Å². The Kier molecular flexibility index (Phi) is 3.50. The summed E-state index contributed by atoms with van der Waals surface area (Å²) in [4.78, 5) is 14.6. The number of rotatable bonds is 2. The number of nitrogens with one attached hydrogen (secondary N) is 1. The Labute approximate surface area is 120 Å². The number of aromatic hydroxyl groups is 1. The van der Waals surface area contributed by atoms with E-state index in [1.807, 2.05) is 0 Å². The third kappa shape index (κ3) is 2.62. The van der Waals surface area contributed by atoms with Gasteiger partial charge in [0.1, 0.15) is 5.75 Å². The van der Waals surface area contributed by atoms with Crippen LogP contribution < -0.4 is 5.32 Å². The van der Waals surface area contributed by atoms with E-state index in [2.05, 4.69) is 26.1 Å². The largest absolute Gasteiger partial charge is 0.507 e. The topological polar surface area (TPSA) is 52.6 Å². The molecule has 3 fully saturated rings. The average Bonchev–Trinajstić information content (AvgIpc) is 2.43. The third-order valence-corrected chi connectivity index (χ3v) is 4.67. The zero-order valence-corrected chi connectivity index (χ0v) is 12.2. The third-order valence-electron chi connectivity index (χ3n) is 4.18. The van der Waals surface area contributed by atoms with Gasteiger partial charge in [-0.15, -0.1) is 0 Å². The molecule has 102 valence electrons. The maximum atomic E-state index is 12.3. The molecule has 0 spiro atoms. The Morgan fingerprint density at radius 3 is 2.74 bits per heavy atom. The van der Waals surface area contributed by atoms with Gasteiger partial charge in [-0.2, -0.15) is 0 Å². The second-order valence-electron chi connectivity index (χ2n) is 5.38. The standard InChI is InChI=1S/C14H17BrN2O2/c15-10-1-2-13(18)11(7-10)14(19)16-12-8-17-5-3-9(12)4-6-17/h1-2,7,9,12,18H,3-6,8H2,(H,16,19). The Morgan fingerprint density at radius 1 is 1.37 bits per heavy atom. The van der Waals surface area contributed by atoms with Crippen molar-refractivity contribution in [1.82, 2.24) is 10.2 Å². The van der Waals surface area contributed by atoms with Crippen LogP contribution in [-0.2, 0) is 0 Å². The van der Waals surface area contributed by atoms with Gasteiger partial charge in [0.25, 0.3) is 5.91 Å². The van der Waals surface area contributed by atoms with Gasteiger partial charge < -0.3 is 15.3 Å². The highest BCUT2D eigenvalue weighted by atomic mass is 79.9. The number of benzene rings is 1. The number of carbonyl (C=O) groups is 1. The molecule has 0 saturated carbocycles. The van der Waals surface area contributed by atoms with E-state index in [-0.39, 0.29) is 17.7 Å². The fraction of sp³-hybridized carbons (Fsp3) is 0.500. The Bertz CT molecular complexity index is 498. The average molecular weight is 325 g/mol. The van der Waals surface area contributed by atoms with Gasteiger partial charge >= 0.3 is 0 Å². The molecule has 0 aromatic heterocycles. The van der Waals surface area contributed by atoms with E-state index >= 15 is 0 Å². The SMILES string of the molecule is O=C(NC1CN2CCC1CC2)c1cc(Br)ccc1O. The maximum Gasteiger partial charge on any atom is 0.255 e. The quantitative estimate of drug-likeness (QED) is 0.874. The molecule has 3 aliphatic rings. The predicted octanol–water partition coefficient (Wildman–Crippen LogP) is 1.98. The first-order chi connectivity index (χ1) is 9.13. The van der Waals surface area contributed by atoms with Crippen molar-refractivity contribution in [3.63, 3.8) is 0 Å². The van der Waals surface area contributed by atoms with Crippen molar-refractivity contribution in [2.75, 3.05) is 19.6 Å². The lowest BCUT2D eigenvalue weighted by Gasteiger charge is -2.44. The summed E-state index contributed by atoms with van der Waals surface area (Å²) in [5, 5.41) is 12.8. The monoisotopic (exact) mass is 324 g/mol. The van der Waals surface area contributed by atoms with Gasteiger partial charge in [-0.25, -0.2) is 0 Å². The Hall–Kier alpha value is -1.07. The molecule has 3 saturated heterocycles. The molecule has 1 aromatic carbocycles. The highest BCUT2D eigenvalue weighted by molar-refractivity contribution is 9.10. The highest BCUT2D eigenvalue weighted by Crippen LogP contribution is 2.28. The number of carbonyl (C=O) groups excluding carboxylic acids is 1. The normalized spacial score (nSPS) is 29.2. The molecule has 2 bridgehead atoms. The Balaban J connectivity index is 1.73. The summed E-state index contributed by atoms with van der Waals surface area (Å²) in [6, 6.07) is 5.13. The van der Waals surface area contributed by atoms with Crippen LogP contribution in [0.15, 0.2) is 22.7 Å². The van der Waals surface area contributed by atoms with Gasteiger partial charge in [-0.1, -0.05) is 15.9 Å². The van der Waals surface area contributed by atoms with Gasteiger partial charge in [-0.05, 0) is 50.0 Å². The number of amides is 1. The predicted molar refractivity (Wildman–Crippen MR) is 76.2 cm³/mol. The molecule has 5 heteroatoms. The van der Waals surface area contributed by atoms with Crippen LogP contribution in [-0.4, -0.2) is 41.6 Å². The minimum Gasteiger partial charge on any atom is -0.507 e. The van der Waals surface area contributed by atoms with Gasteiger partial charge in [0, 0.05) is 17.1 Å². The van der Waals surface area contributed by atoms with E-state index in [0.29, 0.717) is 11.5 Å². The molecule has 1 aromatic rings. The van der Waals surface area contributed by atoms with Crippen LogP contribution in [0.25, 0.3) is 0 Å². The number of halogens is 1. The van der Waals surface area contributed by atoms with Crippen LogP contribution in [0.5, 0.6) is 5.75 Å². The lowest BCUT2D eigenvalue weighted by atomic mass is 9.84. The molecule has 19 heavy (non-hydrogen) atoms. The van der Waals surface area contributed by atoms with E-state index in [1.54, 1.807) is 12.1 Å². The van der Waals surface area contributed by atoms with Crippen LogP contribution >= 0.6 is 15.9 Å². The number of fused-ring (bicyclic) bond motifs is 3.